The van der Waals surface area contributed by atoms with Gasteiger partial charge in [0.1, 0.15) is 17.2 Å². The van der Waals surface area contributed by atoms with Crippen LogP contribution in [0.15, 0.2) is 18.2 Å². The molecule has 6 nitrogen and oxygen atoms in total. The smallest absolute Gasteiger partial charge is 0.259 e. The normalized spacial score (nSPS) is 21.5. The summed E-state index contributed by atoms with van der Waals surface area (Å²) >= 11 is 0. The van der Waals surface area contributed by atoms with Gasteiger partial charge in [0.05, 0.1) is 12.6 Å². The molecule has 0 spiro atoms. The molecule has 0 bridgehead atoms. The Kier molecular flexibility index (Phi) is 5.83. The maximum Gasteiger partial charge on any atom is 0.259 e. The van der Waals surface area contributed by atoms with Crippen molar-refractivity contribution in [1.82, 2.24) is 14.7 Å². The van der Waals surface area contributed by atoms with Crippen molar-refractivity contribution in [3.8, 4) is 0 Å². The van der Waals surface area contributed by atoms with E-state index in [0.717, 1.165) is 18.6 Å². The van der Waals surface area contributed by atoms with Gasteiger partial charge in [0.25, 0.3) is 5.91 Å². The van der Waals surface area contributed by atoms with Crippen LogP contribution >= 0.6 is 0 Å². The van der Waals surface area contributed by atoms with E-state index >= 15 is 0 Å². The number of amides is 2. The van der Waals surface area contributed by atoms with Gasteiger partial charge in [-0.05, 0) is 18.6 Å². The van der Waals surface area contributed by atoms with E-state index in [2.05, 4.69) is 4.90 Å². The highest BCUT2D eigenvalue weighted by Gasteiger charge is 2.37. The molecule has 2 saturated heterocycles. The molecule has 2 amide bonds. The van der Waals surface area contributed by atoms with E-state index in [9.17, 15) is 18.4 Å². The van der Waals surface area contributed by atoms with E-state index in [1.807, 2.05) is 0 Å². The van der Waals surface area contributed by atoms with Crippen molar-refractivity contribution in [3.63, 3.8) is 0 Å². The maximum absolute atomic E-state index is 13.8. The number of halogens is 2. The van der Waals surface area contributed by atoms with Crippen molar-refractivity contribution in [3.05, 3.63) is 35.4 Å². The monoisotopic (exact) mass is 367 g/mol. The molecule has 3 rings (SSSR count). The van der Waals surface area contributed by atoms with Gasteiger partial charge in [-0.3, -0.25) is 14.5 Å². The van der Waals surface area contributed by atoms with E-state index in [4.69, 9.17) is 4.74 Å². The molecule has 0 aromatic heterocycles. The van der Waals surface area contributed by atoms with Gasteiger partial charge in [0, 0.05) is 46.4 Å². The van der Waals surface area contributed by atoms with E-state index in [1.54, 1.807) is 12.0 Å². The molecular weight excluding hydrogens is 344 g/mol. The molecule has 1 atom stereocenters. The average Bonchev–Trinajstić information content (AvgIpc) is 3.00. The summed E-state index contributed by atoms with van der Waals surface area (Å²) in [6.07, 6.45) is 0.748. The number of piperazine rings is 1. The van der Waals surface area contributed by atoms with Gasteiger partial charge >= 0.3 is 0 Å². The number of benzene rings is 1. The summed E-state index contributed by atoms with van der Waals surface area (Å²) in [6, 6.07) is 3.21. The van der Waals surface area contributed by atoms with Crippen LogP contribution in [0.2, 0.25) is 0 Å². The first-order valence-corrected chi connectivity index (χ1v) is 8.78. The van der Waals surface area contributed by atoms with Crippen LogP contribution in [-0.4, -0.2) is 85.5 Å². The molecule has 0 N–H and O–H groups in total. The van der Waals surface area contributed by atoms with Crippen LogP contribution in [-0.2, 0) is 9.53 Å². The first kappa shape index (κ1) is 18.7. The zero-order chi connectivity index (χ0) is 18.7. The Bertz CT molecular complexity index is 657. The third kappa shape index (κ3) is 3.71. The second kappa shape index (κ2) is 8.09. The lowest BCUT2D eigenvalue weighted by molar-refractivity contribution is -0.133. The number of ether oxygens (including phenoxy) is 1. The highest BCUT2D eigenvalue weighted by Crippen LogP contribution is 2.21. The number of hydrogen-bond donors (Lipinski definition) is 0. The van der Waals surface area contributed by atoms with Crippen molar-refractivity contribution < 1.29 is 23.1 Å². The lowest BCUT2D eigenvalue weighted by atomic mass is 10.1. The minimum Gasteiger partial charge on any atom is -0.383 e. The van der Waals surface area contributed by atoms with Crippen molar-refractivity contribution in [1.29, 1.82) is 0 Å². The fraction of sp³-hybridized carbons (Fsp3) is 0.556. The Morgan fingerprint density at radius 1 is 1.15 bits per heavy atom. The van der Waals surface area contributed by atoms with Crippen LogP contribution in [0.5, 0.6) is 0 Å². The number of nitrogens with zero attached hydrogens (tertiary/aromatic N) is 3. The molecule has 2 aliphatic rings. The average molecular weight is 367 g/mol. The predicted molar refractivity (Wildman–Crippen MR) is 90.7 cm³/mol. The number of carbonyl (C=O) groups excluding carboxylic acids is 2. The molecule has 0 aliphatic carbocycles. The summed E-state index contributed by atoms with van der Waals surface area (Å²) in [7, 11) is 1.60. The van der Waals surface area contributed by atoms with Crippen molar-refractivity contribution in [2.45, 2.75) is 12.5 Å². The van der Waals surface area contributed by atoms with Gasteiger partial charge in [0.15, 0.2) is 0 Å². The molecule has 26 heavy (non-hydrogen) atoms. The number of hydrogen-bond acceptors (Lipinski definition) is 4. The minimum absolute atomic E-state index is 0.0852. The van der Waals surface area contributed by atoms with Gasteiger partial charge in [-0.15, -0.1) is 0 Å². The summed E-state index contributed by atoms with van der Waals surface area (Å²) in [6.45, 7) is 3.49. The van der Waals surface area contributed by atoms with E-state index in [1.165, 1.54) is 11.0 Å². The molecule has 1 aromatic rings. The van der Waals surface area contributed by atoms with Crippen LogP contribution in [0.1, 0.15) is 16.8 Å². The summed E-state index contributed by atoms with van der Waals surface area (Å²) in [4.78, 5) is 30.2. The van der Waals surface area contributed by atoms with Gasteiger partial charge in [-0.2, -0.15) is 0 Å². The molecule has 2 heterocycles. The van der Waals surface area contributed by atoms with Crippen LogP contribution in [0, 0.1) is 11.6 Å². The third-order valence-electron chi connectivity index (χ3n) is 5.05. The summed E-state index contributed by atoms with van der Waals surface area (Å²) in [5.41, 5.74) is -0.511. The van der Waals surface area contributed by atoms with Crippen LogP contribution < -0.4 is 0 Å². The topological polar surface area (TPSA) is 53.1 Å². The zero-order valence-electron chi connectivity index (χ0n) is 14.8. The largest absolute Gasteiger partial charge is 0.383 e. The van der Waals surface area contributed by atoms with Gasteiger partial charge < -0.3 is 14.5 Å². The van der Waals surface area contributed by atoms with Crippen molar-refractivity contribution in [2.24, 2.45) is 0 Å². The molecule has 1 unspecified atom stereocenters. The highest BCUT2D eigenvalue weighted by molar-refractivity contribution is 5.95. The molecule has 142 valence electrons. The molecule has 0 saturated carbocycles. The van der Waals surface area contributed by atoms with Crippen molar-refractivity contribution >= 4 is 11.8 Å². The highest BCUT2D eigenvalue weighted by atomic mass is 19.1. The predicted octanol–water partition coefficient (Wildman–Crippen LogP) is 0.970. The van der Waals surface area contributed by atoms with Crippen LogP contribution in [0.4, 0.5) is 8.78 Å². The SMILES string of the molecule is COCCN1CCC(N2CCN(C(=O)c3c(F)cccc3F)CC2)C1=O. The summed E-state index contributed by atoms with van der Waals surface area (Å²) < 4.78 is 32.7. The van der Waals surface area contributed by atoms with Crippen molar-refractivity contribution in [2.75, 3.05) is 53.0 Å². The van der Waals surface area contributed by atoms with Crippen LogP contribution in [0.3, 0.4) is 0 Å². The summed E-state index contributed by atoms with van der Waals surface area (Å²) in [5, 5.41) is 0. The van der Waals surface area contributed by atoms with Crippen LogP contribution in [0.25, 0.3) is 0 Å². The van der Waals surface area contributed by atoms with Gasteiger partial charge in [-0.25, -0.2) is 8.78 Å². The van der Waals surface area contributed by atoms with E-state index in [0.29, 0.717) is 45.9 Å². The van der Waals surface area contributed by atoms with Gasteiger partial charge in [-0.1, -0.05) is 6.07 Å². The first-order valence-electron chi connectivity index (χ1n) is 8.78. The molecule has 0 radical (unpaired) electrons. The minimum atomic E-state index is -0.850. The Morgan fingerprint density at radius 3 is 2.42 bits per heavy atom. The maximum atomic E-state index is 13.8. The number of carbonyl (C=O) groups is 2. The number of likely N-dealkylation sites (tertiary alicyclic amines) is 1. The molecule has 2 aliphatic heterocycles. The second-order valence-corrected chi connectivity index (χ2v) is 6.55. The molecule has 8 heteroatoms. The van der Waals surface area contributed by atoms with E-state index in [-0.39, 0.29) is 11.9 Å². The Morgan fingerprint density at radius 2 is 1.81 bits per heavy atom. The van der Waals surface area contributed by atoms with Gasteiger partial charge in [0.2, 0.25) is 5.91 Å². The zero-order valence-corrected chi connectivity index (χ0v) is 14.8. The fourth-order valence-corrected chi connectivity index (χ4v) is 3.58. The fourth-order valence-electron chi connectivity index (χ4n) is 3.58. The second-order valence-electron chi connectivity index (χ2n) is 6.55. The number of rotatable bonds is 5. The Hall–Kier alpha value is -2.06. The lowest BCUT2D eigenvalue weighted by Gasteiger charge is -2.37. The number of methoxy groups -OCH3 is 1. The molecule has 1 aromatic carbocycles. The third-order valence-corrected chi connectivity index (χ3v) is 5.05. The standard InChI is InChI=1S/C18H23F2N3O3/c1-26-12-11-22-6-5-15(17(22)24)21-7-9-23(10-8-21)18(25)16-13(19)3-2-4-14(16)20/h2-4,15H,5-12H2,1H3. The summed E-state index contributed by atoms with van der Waals surface area (Å²) in [5.74, 6) is -2.25. The first-order chi connectivity index (χ1) is 12.5. The lowest BCUT2D eigenvalue weighted by Crippen LogP contribution is -2.54. The van der Waals surface area contributed by atoms with E-state index < -0.39 is 23.1 Å². The molecule has 2 fully saturated rings. The quantitative estimate of drug-likeness (QED) is 0.778. The Balaban J connectivity index is 1.58. The Labute approximate surface area is 151 Å². The molecular formula is C18H23F2N3O3.